The second-order valence-electron chi connectivity index (χ2n) is 15.6. The summed E-state index contributed by atoms with van der Waals surface area (Å²) in [7, 11) is 0. The van der Waals surface area contributed by atoms with Crippen molar-refractivity contribution < 1.29 is 387 Å². The maximum Gasteiger partial charge on any atom is 0.300 e. The van der Waals surface area contributed by atoms with Gasteiger partial charge in [-0.1, -0.05) is 257 Å². The third-order valence-electron chi connectivity index (χ3n) is 9.85. The zero-order valence-corrected chi connectivity index (χ0v) is 91.0. The number of rotatable bonds is 3. The van der Waals surface area contributed by atoms with Crippen molar-refractivity contribution >= 4 is 44.0 Å². The zero-order chi connectivity index (χ0) is 62.1. The number of aliphatic carboxylic acids is 1. The third kappa shape index (κ3) is 135. The van der Waals surface area contributed by atoms with Gasteiger partial charge in [0.2, 0.25) is 0 Å². The van der Waals surface area contributed by atoms with Crippen LogP contribution in [0.2, 0.25) is 0 Å². The van der Waals surface area contributed by atoms with Crippen LogP contribution in [-0.4, -0.2) is 84.4 Å². The number of nitrogens with one attached hydrogen (secondary N) is 1. The number of carbonyl (C=O) groups excluding carboxylic acids is 2. The minimum absolute atomic E-state index is 0. The summed E-state index contributed by atoms with van der Waals surface area (Å²) >= 11 is 0. The van der Waals surface area contributed by atoms with Gasteiger partial charge in [-0.3, -0.25) is 4.79 Å². The second kappa shape index (κ2) is 164. The molecule has 4 heterocycles. The fourth-order valence-electron chi connectivity index (χ4n) is 6.66. The fourth-order valence-corrected chi connectivity index (χ4v) is 6.66. The number of carboxylic acid groups (broad SMARTS) is 1. The molecular weight excluding hydrogens is 2310 g/mol. The molecule has 9 rings (SSSR count). The summed E-state index contributed by atoms with van der Waals surface area (Å²) in [6.45, 7) is 45.5. The van der Waals surface area contributed by atoms with Gasteiger partial charge in [0.15, 0.2) is 0 Å². The normalized spacial score (nSPS) is 10.2. The summed E-state index contributed by atoms with van der Waals surface area (Å²) in [4.78, 5) is 33.9. The van der Waals surface area contributed by atoms with Crippen molar-refractivity contribution in [3.8, 4) is 0 Å². The number of benzene rings is 5. The molecule has 0 saturated carbocycles. The van der Waals surface area contributed by atoms with Gasteiger partial charge in [0.25, 0.3) is 5.97 Å². The Bertz CT molecular complexity index is 1700. The maximum absolute atomic E-state index is 9.00. The minimum Gasteiger partial charge on any atom is -1.00 e. The Morgan fingerprint density at radius 3 is 0.673 bits per heavy atom. The Balaban J connectivity index is -0.0000000246. The Morgan fingerprint density at radius 2 is 0.571 bits per heavy atom. The summed E-state index contributed by atoms with van der Waals surface area (Å²) < 4.78 is 0. The summed E-state index contributed by atoms with van der Waals surface area (Å²) in [5.74, 6) is -0.833. The molecular formula is C77H142Ar4BN4O4W4Y4-11. The summed E-state index contributed by atoms with van der Waals surface area (Å²) in [6, 6.07) is 52.4. The number of hydrogen-bond donors (Lipinski definition) is 2. The molecule has 2 N–H and O–H groups in total. The van der Waals surface area contributed by atoms with E-state index in [1.54, 1.807) is 0 Å². The number of aldehydes is 2. The molecule has 5 aromatic carbocycles. The van der Waals surface area contributed by atoms with Crippen LogP contribution >= 0.6 is 0 Å². The van der Waals surface area contributed by atoms with E-state index < -0.39 is 5.97 Å². The van der Waals surface area contributed by atoms with Gasteiger partial charge in [0.1, 0.15) is 12.6 Å². The van der Waals surface area contributed by atoms with Crippen LogP contribution < -0.4 is 20.0 Å². The van der Waals surface area contributed by atoms with Gasteiger partial charge < -0.3 is 99.0 Å². The van der Waals surface area contributed by atoms with E-state index in [1.807, 2.05) is 133 Å². The molecule has 0 unspecified atom stereocenters. The first-order valence-electron chi connectivity index (χ1n) is 30.6. The van der Waals surface area contributed by atoms with Crippen LogP contribution in [0.5, 0.6) is 0 Å². The van der Waals surface area contributed by atoms with Gasteiger partial charge in [0.05, 0.1) is 0 Å². The molecule has 0 spiro atoms. The van der Waals surface area contributed by atoms with Crippen molar-refractivity contribution in [3.05, 3.63) is 226 Å². The van der Waals surface area contributed by atoms with Gasteiger partial charge in [-0.05, 0) is 70.6 Å². The smallest absolute Gasteiger partial charge is 0.300 e. The average Bonchev–Trinajstić information content (AvgIpc) is 0.981. The molecule has 8 nitrogen and oxygen atoms in total. The van der Waals surface area contributed by atoms with Gasteiger partial charge in [0, 0.05) is 410 Å². The predicted octanol–water partition coefficient (Wildman–Crippen LogP) is 20.6. The summed E-state index contributed by atoms with van der Waals surface area (Å²) in [6.07, 6.45) is 21.2. The zero-order valence-electron chi connectivity index (χ0n) is 66.1. The molecule has 0 bridgehead atoms. The summed E-state index contributed by atoms with van der Waals surface area (Å²) in [5, 5.41) is 10.6. The van der Waals surface area contributed by atoms with E-state index in [0.717, 1.165) is 45.7 Å². The summed E-state index contributed by atoms with van der Waals surface area (Å²) in [5.41, 5.74) is 6.71. The van der Waals surface area contributed by atoms with Gasteiger partial charge >= 0.3 is 0 Å². The van der Waals surface area contributed by atoms with E-state index in [2.05, 4.69) is 175 Å². The first-order chi connectivity index (χ1) is 39.2. The predicted molar refractivity (Wildman–Crippen MR) is 406 cm³/mol. The van der Waals surface area contributed by atoms with Crippen LogP contribution in [0.25, 0.3) is 0 Å². The fraction of sp³-hybridized carbons (Fsp3) is 0.455. The van der Waals surface area contributed by atoms with Crippen LogP contribution in [0, 0.1) is 228 Å². The van der Waals surface area contributed by atoms with E-state index in [0.29, 0.717) is 0 Å². The van der Waals surface area contributed by atoms with Crippen molar-refractivity contribution in [2.75, 3.05) is 67.1 Å². The molecule has 4 fully saturated rings. The van der Waals surface area contributed by atoms with E-state index in [4.69, 9.17) is 19.5 Å². The Kier molecular flexibility index (Phi) is 296. The van der Waals surface area contributed by atoms with Crippen molar-refractivity contribution in [3.63, 3.8) is 0 Å². The van der Waals surface area contributed by atoms with Gasteiger partial charge in [-0.25, -0.2) is 0 Å². The standard InChI is InChI=1S/3C11H14N.2C7H8.C5H10N.C2H4O2.2C2H4O.7C2H6.5CH3.4Ar.BH4.4W.4Y.H/c3*1-3-7-11(8-4-1)12-9-5-2-6-10-12;2*1-7-5-3-2-4-6-7;1-2-4-6-5-3-1;1-2(3)4;2*1-2-3;7*1-2;;;;;;;;;;;;;;;;;;;/h3*1,3-5,7-8H,2,6,9-10H2;2*2-6H,1H3;2,6H,1,3-5H2;1H3,(H,3,4);2*2H,1H3;7*1-2H3;5*1H3;;;;;1H4;;;;;;;;;/q3*-1;;;-1;;;;;;;;;;;5*-1;;;;;-1;;;;;;;;;-1/i;;;;;;;;;;;;;;;;;;;;;;;;;;;;;;;;;;1+1. The van der Waals surface area contributed by atoms with Gasteiger partial charge in [-0.15, -0.1) is 26.2 Å². The van der Waals surface area contributed by atoms with E-state index in [1.165, 1.54) is 120 Å². The van der Waals surface area contributed by atoms with Crippen LogP contribution in [0.1, 0.15) is 182 Å². The van der Waals surface area contributed by atoms with Gasteiger partial charge in [-0.2, -0.15) is 25.7 Å². The van der Waals surface area contributed by atoms with Crippen LogP contribution in [-0.2, 0) is 229 Å². The van der Waals surface area contributed by atoms with Crippen molar-refractivity contribution in [1.29, 1.82) is 0 Å². The number of carboxylic acids is 1. The third-order valence-corrected chi connectivity index (χ3v) is 9.85. The topological polar surface area (TPSA) is 93.2 Å². The molecule has 4 radical (unpaired) electrons. The monoisotopic (exact) mass is 2450 g/mol. The molecule has 576 valence electrons. The number of anilines is 3. The molecule has 98 heavy (non-hydrogen) atoms. The molecule has 0 amide bonds. The minimum atomic E-state index is -0.833. The molecule has 4 saturated heterocycles. The molecule has 21 heteroatoms. The van der Waals surface area contributed by atoms with E-state index in [9.17, 15) is 0 Å². The van der Waals surface area contributed by atoms with E-state index >= 15 is 0 Å². The Hall–Kier alpha value is 6.54. The van der Waals surface area contributed by atoms with E-state index in [-0.39, 0.29) is 413 Å². The van der Waals surface area contributed by atoms with Crippen molar-refractivity contribution in [1.82, 2.24) is 5.32 Å². The number of nitrogens with zero attached hydrogens (tertiary/aromatic N) is 3. The first kappa shape index (κ1) is 177. The Labute approximate surface area is 894 Å². The Morgan fingerprint density at radius 1 is 0.398 bits per heavy atom. The van der Waals surface area contributed by atoms with Crippen molar-refractivity contribution in [2.24, 2.45) is 0 Å². The molecule has 0 aliphatic carbocycles. The van der Waals surface area contributed by atoms with Crippen LogP contribution in [0.3, 0.4) is 0 Å². The van der Waals surface area contributed by atoms with Crippen molar-refractivity contribution in [2.45, 2.75) is 183 Å². The maximum atomic E-state index is 9.00. The molecule has 4 aliphatic rings. The average molecular weight is 2450 g/mol. The first-order valence-corrected chi connectivity index (χ1v) is 30.6. The van der Waals surface area contributed by atoms with Crippen LogP contribution in [0.15, 0.2) is 152 Å². The quantitative estimate of drug-likeness (QED) is 0.105. The number of para-hydroxylation sites is 3. The number of aryl methyl sites for hydroxylation is 2. The molecule has 4 aliphatic heterocycles. The SMILES string of the molecule is CC.CC.CC.CC.CC.CC.CC.CC(=O)O.CC=O.CC=O.Cc1ccccc1.Cc1ccccc1.[2H-].[Ar].[Ar].[Ar].[Ar].[BH4-].[CH-]1CCCNC1.[CH3-].[CH3-].[CH3-].[CH3-].[CH3-].[W].[W].[W].[W].[Y].[Y].[Y].[Y].c1ccc(N2C[CH-]CCC2)cc1.c1ccc(N2C[CH-]CCC2)cc1.c1ccc(N2C[CH-]CCC2)cc1. The number of hydrogen-bond acceptors (Lipinski definition) is 7. The largest absolute Gasteiger partial charge is 1.00 e. The number of carbonyl (C=O) groups is 3. The molecule has 0 atom stereocenters. The van der Waals surface area contributed by atoms with Crippen LogP contribution in [0.4, 0.5) is 17.1 Å². The second-order valence-corrected chi connectivity index (χ2v) is 15.6. The number of piperidine rings is 4. The molecule has 5 aromatic rings. The molecule has 0 aromatic heterocycles.